The van der Waals surface area contributed by atoms with Crippen LogP contribution in [0.5, 0.6) is 0 Å². The van der Waals surface area contributed by atoms with E-state index < -0.39 is 0 Å². The average Bonchev–Trinajstić information content (AvgIpc) is 2.20. The maximum absolute atomic E-state index is 5.89. The molecule has 0 spiro atoms. The summed E-state index contributed by atoms with van der Waals surface area (Å²) in [5, 5.41) is 0.509. The predicted molar refractivity (Wildman–Crippen MR) is 65.8 cm³/mol. The molecule has 0 fully saturated rings. The van der Waals surface area contributed by atoms with Crippen molar-refractivity contribution in [2.45, 2.75) is 20.3 Å². The monoisotopic (exact) mass is 232 g/mol. The molecule has 3 heteroatoms. The first-order chi connectivity index (χ1) is 7.63. The molecule has 0 saturated heterocycles. The molecule has 2 nitrogen and oxygen atoms in total. The summed E-state index contributed by atoms with van der Waals surface area (Å²) in [7, 11) is 0. The zero-order valence-corrected chi connectivity index (χ0v) is 10.1. The Morgan fingerprint density at radius 3 is 2.38 bits per heavy atom. The SMILES string of the molecule is Cc1ccc(Cc2cc(Cl)nc(C)n2)cc1. The highest BCUT2D eigenvalue weighted by atomic mass is 35.5. The average molecular weight is 233 g/mol. The van der Waals surface area contributed by atoms with Crippen LogP contribution >= 0.6 is 11.6 Å². The van der Waals surface area contributed by atoms with Crippen LogP contribution in [0.15, 0.2) is 30.3 Å². The van der Waals surface area contributed by atoms with Crippen LogP contribution in [0, 0.1) is 13.8 Å². The lowest BCUT2D eigenvalue weighted by molar-refractivity contribution is 0.968. The van der Waals surface area contributed by atoms with Gasteiger partial charge in [0, 0.05) is 12.1 Å². The molecule has 0 aliphatic heterocycles. The first kappa shape index (κ1) is 11.1. The molecule has 82 valence electrons. The number of benzene rings is 1. The molecule has 0 aliphatic rings. The van der Waals surface area contributed by atoms with Crippen molar-refractivity contribution in [2.24, 2.45) is 0 Å². The Hall–Kier alpha value is -1.41. The van der Waals surface area contributed by atoms with E-state index in [4.69, 9.17) is 11.6 Å². The van der Waals surface area contributed by atoms with E-state index >= 15 is 0 Å². The molecule has 1 heterocycles. The number of hydrogen-bond donors (Lipinski definition) is 0. The van der Waals surface area contributed by atoms with Gasteiger partial charge in [-0.05, 0) is 25.5 Å². The highest BCUT2D eigenvalue weighted by Crippen LogP contribution is 2.12. The van der Waals surface area contributed by atoms with Gasteiger partial charge in [0.1, 0.15) is 11.0 Å². The van der Waals surface area contributed by atoms with Gasteiger partial charge in [-0.15, -0.1) is 0 Å². The van der Waals surface area contributed by atoms with Crippen LogP contribution < -0.4 is 0 Å². The minimum atomic E-state index is 0.509. The molecular weight excluding hydrogens is 220 g/mol. The third-order valence-electron chi connectivity index (χ3n) is 2.37. The highest BCUT2D eigenvalue weighted by molar-refractivity contribution is 6.29. The van der Waals surface area contributed by atoms with Gasteiger partial charge in [0.25, 0.3) is 0 Å². The third-order valence-corrected chi connectivity index (χ3v) is 2.56. The second kappa shape index (κ2) is 4.62. The Morgan fingerprint density at radius 2 is 1.75 bits per heavy atom. The third kappa shape index (κ3) is 2.80. The topological polar surface area (TPSA) is 25.8 Å². The lowest BCUT2D eigenvalue weighted by Crippen LogP contribution is -1.97. The van der Waals surface area contributed by atoms with Crippen molar-refractivity contribution in [3.05, 3.63) is 58.1 Å². The zero-order valence-electron chi connectivity index (χ0n) is 9.37. The Kier molecular flexibility index (Phi) is 3.20. The Morgan fingerprint density at radius 1 is 1.06 bits per heavy atom. The van der Waals surface area contributed by atoms with Gasteiger partial charge >= 0.3 is 0 Å². The molecule has 0 bridgehead atoms. The first-order valence-electron chi connectivity index (χ1n) is 5.19. The summed E-state index contributed by atoms with van der Waals surface area (Å²) in [5.74, 6) is 0.717. The van der Waals surface area contributed by atoms with Gasteiger partial charge in [0.05, 0.1) is 0 Å². The summed E-state index contributed by atoms with van der Waals surface area (Å²) >= 11 is 5.89. The van der Waals surface area contributed by atoms with Crippen LogP contribution in [0.25, 0.3) is 0 Å². The van der Waals surface area contributed by atoms with Crippen LogP contribution in [-0.2, 0) is 6.42 Å². The Labute approximate surface area is 100 Å². The van der Waals surface area contributed by atoms with Crippen molar-refractivity contribution < 1.29 is 0 Å². The lowest BCUT2D eigenvalue weighted by atomic mass is 10.1. The molecule has 0 saturated carbocycles. The van der Waals surface area contributed by atoms with E-state index in [0.29, 0.717) is 5.15 Å². The molecule has 16 heavy (non-hydrogen) atoms. The number of nitrogens with zero attached hydrogens (tertiary/aromatic N) is 2. The van der Waals surface area contributed by atoms with Gasteiger partial charge in [-0.25, -0.2) is 9.97 Å². The van der Waals surface area contributed by atoms with Gasteiger partial charge in [0.2, 0.25) is 0 Å². The summed E-state index contributed by atoms with van der Waals surface area (Å²) < 4.78 is 0. The van der Waals surface area contributed by atoms with Gasteiger partial charge in [0.15, 0.2) is 0 Å². The number of halogens is 1. The second-order valence-corrected chi connectivity index (χ2v) is 4.28. The van der Waals surface area contributed by atoms with E-state index in [2.05, 4.69) is 41.2 Å². The molecular formula is C13H13ClN2. The first-order valence-corrected chi connectivity index (χ1v) is 5.57. The number of aromatic nitrogens is 2. The number of rotatable bonds is 2. The molecule has 2 rings (SSSR count). The molecule has 1 aromatic carbocycles. The van der Waals surface area contributed by atoms with E-state index in [0.717, 1.165) is 17.9 Å². The summed E-state index contributed by atoms with van der Waals surface area (Å²) in [6.07, 6.45) is 0.795. The smallest absolute Gasteiger partial charge is 0.133 e. The zero-order chi connectivity index (χ0) is 11.5. The second-order valence-electron chi connectivity index (χ2n) is 3.89. The molecule has 0 N–H and O–H groups in total. The largest absolute Gasteiger partial charge is 0.238 e. The van der Waals surface area contributed by atoms with E-state index in [1.54, 1.807) is 0 Å². The highest BCUT2D eigenvalue weighted by Gasteiger charge is 2.01. The fourth-order valence-electron chi connectivity index (χ4n) is 1.60. The van der Waals surface area contributed by atoms with E-state index in [1.165, 1.54) is 11.1 Å². The maximum Gasteiger partial charge on any atom is 0.133 e. The van der Waals surface area contributed by atoms with Crippen LogP contribution in [-0.4, -0.2) is 9.97 Å². The fraction of sp³-hybridized carbons (Fsp3) is 0.231. The summed E-state index contributed by atoms with van der Waals surface area (Å²) in [4.78, 5) is 8.40. The molecule has 0 unspecified atom stereocenters. The van der Waals surface area contributed by atoms with Crippen molar-refractivity contribution >= 4 is 11.6 Å². The van der Waals surface area contributed by atoms with Crippen LogP contribution in [0.1, 0.15) is 22.6 Å². The van der Waals surface area contributed by atoms with Crippen molar-refractivity contribution in [3.8, 4) is 0 Å². The molecule has 2 aromatic rings. The molecule has 0 aliphatic carbocycles. The standard InChI is InChI=1S/C13H13ClN2/c1-9-3-5-11(6-4-9)7-12-8-13(14)16-10(2)15-12/h3-6,8H,7H2,1-2H3. The number of hydrogen-bond acceptors (Lipinski definition) is 2. The van der Waals surface area contributed by atoms with Gasteiger partial charge in [-0.1, -0.05) is 41.4 Å². The Balaban J connectivity index is 2.23. The molecule has 1 aromatic heterocycles. The number of aryl methyl sites for hydroxylation is 2. The Bertz CT molecular complexity index is 472. The predicted octanol–water partition coefficient (Wildman–Crippen LogP) is 3.34. The van der Waals surface area contributed by atoms with Gasteiger partial charge in [-0.3, -0.25) is 0 Å². The summed E-state index contributed by atoms with van der Waals surface area (Å²) in [6, 6.07) is 10.2. The minimum Gasteiger partial charge on any atom is -0.238 e. The summed E-state index contributed by atoms with van der Waals surface area (Å²) in [5.41, 5.74) is 3.46. The van der Waals surface area contributed by atoms with E-state index in [9.17, 15) is 0 Å². The van der Waals surface area contributed by atoms with Crippen LogP contribution in [0.3, 0.4) is 0 Å². The van der Waals surface area contributed by atoms with Crippen LogP contribution in [0.4, 0.5) is 0 Å². The van der Waals surface area contributed by atoms with Crippen molar-refractivity contribution in [3.63, 3.8) is 0 Å². The lowest BCUT2D eigenvalue weighted by Gasteiger charge is -2.03. The molecule has 0 atom stereocenters. The quantitative estimate of drug-likeness (QED) is 0.743. The van der Waals surface area contributed by atoms with Gasteiger partial charge in [-0.2, -0.15) is 0 Å². The maximum atomic E-state index is 5.89. The molecule has 0 amide bonds. The summed E-state index contributed by atoms with van der Waals surface area (Å²) in [6.45, 7) is 3.93. The van der Waals surface area contributed by atoms with Crippen LogP contribution in [0.2, 0.25) is 5.15 Å². The van der Waals surface area contributed by atoms with E-state index in [1.807, 2.05) is 13.0 Å². The van der Waals surface area contributed by atoms with E-state index in [-0.39, 0.29) is 0 Å². The van der Waals surface area contributed by atoms with Crippen molar-refractivity contribution in [1.82, 2.24) is 9.97 Å². The van der Waals surface area contributed by atoms with Crippen molar-refractivity contribution in [1.29, 1.82) is 0 Å². The minimum absolute atomic E-state index is 0.509. The van der Waals surface area contributed by atoms with Crippen molar-refractivity contribution in [2.75, 3.05) is 0 Å². The fourth-order valence-corrected chi connectivity index (χ4v) is 1.84. The normalized spacial score (nSPS) is 10.4. The molecule has 0 radical (unpaired) electrons. The van der Waals surface area contributed by atoms with Gasteiger partial charge < -0.3 is 0 Å².